The lowest BCUT2D eigenvalue weighted by Crippen LogP contribution is -2.38. The highest BCUT2D eigenvalue weighted by atomic mass is 16.5. The molecule has 0 unspecified atom stereocenters. The molecule has 2 aromatic carbocycles. The third-order valence-corrected chi connectivity index (χ3v) is 5.82. The van der Waals surface area contributed by atoms with Gasteiger partial charge in [0.25, 0.3) is 5.91 Å². The van der Waals surface area contributed by atoms with Gasteiger partial charge in [-0.3, -0.25) is 4.79 Å². The molecule has 5 rings (SSSR count). The van der Waals surface area contributed by atoms with E-state index < -0.39 is 0 Å². The molecule has 0 saturated heterocycles. The van der Waals surface area contributed by atoms with Crippen LogP contribution < -0.4 is 15.4 Å². The summed E-state index contributed by atoms with van der Waals surface area (Å²) in [4.78, 5) is 23.3. The van der Waals surface area contributed by atoms with Gasteiger partial charge >= 0.3 is 0 Å². The molecule has 1 amide bonds. The lowest BCUT2D eigenvalue weighted by molar-refractivity contribution is 0.0484. The van der Waals surface area contributed by atoms with Crippen molar-refractivity contribution in [3.63, 3.8) is 0 Å². The van der Waals surface area contributed by atoms with Gasteiger partial charge in [0.1, 0.15) is 5.56 Å². The average Bonchev–Trinajstić information content (AvgIpc) is 2.76. The molecule has 0 fully saturated rings. The number of ether oxygens (including phenoxy) is 1. The molecule has 0 spiro atoms. The number of hydrogen-bond acceptors (Lipinski definition) is 6. The molecule has 2 N–H and O–H groups in total. The number of anilines is 2. The van der Waals surface area contributed by atoms with Crippen LogP contribution in [0.5, 0.6) is 5.88 Å². The first-order valence-electron chi connectivity index (χ1n) is 10.4. The molecule has 2 aliphatic heterocycles. The van der Waals surface area contributed by atoms with Gasteiger partial charge in [-0.1, -0.05) is 50.2 Å². The Labute approximate surface area is 181 Å². The maximum atomic E-state index is 12.9. The van der Waals surface area contributed by atoms with Crippen LogP contribution in [-0.4, -0.2) is 34.1 Å². The van der Waals surface area contributed by atoms with Crippen LogP contribution in [-0.2, 0) is 18.5 Å². The van der Waals surface area contributed by atoms with Crippen LogP contribution in [0.2, 0.25) is 0 Å². The molecule has 0 aliphatic carbocycles. The summed E-state index contributed by atoms with van der Waals surface area (Å²) in [5.74, 6) is 0.595. The molecular weight excluding hydrogens is 390 g/mol. The van der Waals surface area contributed by atoms with Crippen LogP contribution in [0.3, 0.4) is 0 Å². The highest BCUT2D eigenvalue weighted by Gasteiger charge is 2.29. The van der Waals surface area contributed by atoms with E-state index in [0.717, 1.165) is 24.3 Å². The van der Waals surface area contributed by atoms with Gasteiger partial charge in [0.15, 0.2) is 6.73 Å². The molecule has 2 aliphatic rings. The van der Waals surface area contributed by atoms with Crippen LogP contribution >= 0.6 is 0 Å². The standard InChI is InChI=1S/C24H25N5O2/c1-24(2)14-25-11-17-10-18(8-9-20(17)24)27-23-26-12-19-21(28-23)31-15-29(22(19)30)13-16-6-4-3-5-7-16/h3-10,12,25H,11,13-15H2,1-2H3,(H,26,27,28). The van der Waals surface area contributed by atoms with Crippen molar-refractivity contribution in [1.82, 2.24) is 20.2 Å². The molecule has 7 heteroatoms. The quantitative estimate of drug-likeness (QED) is 0.678. The fraction of sp³-hybridized carbons (Fsp3) is 0.292. The van der Waals surface area contributed by atoms with Crippen molar-refractivity contribution in [3.8, 4) is 5.88 Å². The summed E-state index contributed by atoms with van der Waals surface area (Å²) in [6, 6.07) is 16.2. The number of fused-ring (bicyclic) bond motifs is 2. The number of rotatable bonds is 4. The maximum absolute atomic E-state index is 12.9. The number of hydrogen-bond donors (Lipinski definition) is 2. The van der Waals surface area contributed by atoms with E-state index >= 15 is 0 Å². The normalized spacial score (nSPS) is 16.8. The number of amides is 1. The zero-order chi connectivity index (χ0) is 21.4. The predicted molar refractivity (Wildman–Crippen MR) is 118 cm³/mol. The van der Waals surface area contributed by atoms with Crippen molar-refractivity contribution in [2.24, 2.45) is 0 Å². The Morgan fingerprint density at radius 1 is 1.19 bits per heavy atom. The monoisotopic (exact) mass is 415 g/mol. The summed E-state index contributed by atoms with van der Waals surface area (Å²) >= 11 is 0. The second-order valence-corrected chi connectivity index (χ2v) is 8.66. The molecule has 0 bridgehead atoms. The number of nitrogens with zero attached hydrogens (tertiary/aromatic N) is 3. The number of aromatic nitrogens is 2. The average molecular weight is 415 g/mol. The van der Waals surface area contributed by atoms with Gasteiger partial charge in [0.2, 0.25) is 11.8 Å². The van der Waals surface area contributed by atoms with Crippen molar-refractivity contribution >= 4 is 17.5 Å². The fourth-order valence-corrected chi connectivity index (χ4v) is 4.18. The summed E-state index contributed by atoms with van der Waals surface area (Å²) in [5.41, 5.74) is 5.06. The Kier molecular flexibility index (Phi) is 4.82. The number of benzene rings is 2. The third-order valence-electron chi connectivity index (χ3n) is 5.82. The Morgan fingerprint density at radius 2 is 2.03 bits per heavy atom. The van der Waals surface area contributed by atoms with Crippen molar-refractivity contribution in [2.75, 3.05) is 18.6 Å². The molecule has 3 aromatic rings. The lowest BCUT2D eigenvalue weighted by Gasteiger charge is -2.33. The van der Waals surface area contributed by atoms with Crippen LogP contribution in [0.4, 0.5) is 11.6 Å². The van der Waals surface area contributed by atoms with Crippen molar-refractivity contribution in [1.29, 1.82) is 0 Å². The molecule has 0 saturated carbocycles. The SMILES string of the molecule is CC1(C)CNCc2cc(Nc3ncc4c(n3)OCN(Cc3ccccc3)C4=O)ccc21. The van der Waals surface area contributed by atoms with Gasteiger partial charge in [-0.2, -0.15) is 4.98 Å². The highest BCUT2D eigenvalue weighted by molar-refractivity contribution is 5.97. The van der Waals surface area contributed by atoms with Gasteiger partial charge in [-0.15, -0.1) is 0 Å². The van der Waals surface area contributed by atoms with Crippen LogP contribution in [0.25, 0.3) is 0 Å². The Bertz CT molecular complexity index is 1130. The number of carbonyl (C=O) groups excluding carboxylic acids is 1. The van der Waals surface area contributed by atoms with Crippen molar-refractivity contribution < 1.29 is 9.53 Å². The van der Waals surface area contributed by atoms with E-state index in [-0.39, 0.29) is 18.1 Å². The van der Waals surface area contributed by atoms with Gasteiger partial charge in [0.05, 0.1) is 0 Å². The molecule has 7 nitrogen and oxygen atoms in total. The summed E-state index contributed by atoms with van der Waals surface area (Å²) in [6.45, 7) is 6.94. The smallest absolute Gasteiger partial charge is 0.263 e. The number of nitrogens with one attached hydrogen (secondary N) is 2. The first-order chi connectivity index (χ1) is 15.0. The topological polar surface area (TPSA) is 79.4 Å². The molecule has 158 valence electrons. The zero-order valence-electron chi connectivity index (χ0n) is 17.7. The van der Waals surface area contributed by atoms with Crippen LogP contribution in [0, 0.1) is 0 Å². The lowest BCUT2D eigenvalue weighted by atomic mass is 9.79. The zero-order valence-corrected chi connectivity index (χ0v) is 17.7. The molecule has 1 aromatic heterocycles. The Morgan fingerprint density at radius 3 is 2.87 bits per heavy atom. The van der Waals surface area contributed by atoms with Crippen LogP contribution in [0.1, 0.15) is 40.9 Å². The van der Waals surface area contributed by atoms with Crippen LogP contribution in [0.15, 0.2) is 54.7 Å². The van der Waals surface area contributed by atoms with E-state index in [0.29, 0.717) is 23.9 Å². The molecule has 31 heavy (non-hydrogen) atoms. The van der Waals surface area contributed by atoms with Gasteiger partial charge < -0.3 is 20.3 Å². The third kappa shape index (κ3) is 3.84. The summed E-state index contributed by atoms with van der Waals surface area (Å²) in [7, 11) is 0. The Balaban J connectivity index is 1.33. The van der Waals surface area contributed by atoms with Gasteiger partial charge in [-0.05, 0) is 28.8 Å². The summed E-state index contributed by atoms with van der Waals surface area (Å²) in [5, 5.41) is 6.71. The fourth-order valence-electron chi connectivity index (χ4n) is 4.18. The highest BCUT2D eigenvalue weighted by Crippen LogP contribution is 2.32. The summed E-state index contributed by atoms with van der Waals surface area (Å²) < 4.78 is 5.78. The summed E-state index contributed by atoms with van der Waals surface area (Å²) in [6.07, 6.45) is 1.53. The van der Waals surface area contributed by atoms with Crippen molar-refractivity contribution in [2.45, 2.75) is 32.4 Å². The second kappa shape index (κ2) is 7.67. The maximum Gasteiger partial charge on any atom is 0.263 e. The first-order valence-corrected chi connectivity index (χ1v) is 10.4. The van der Waals surface area contributed by atoms with E-state index in [9.17, 15) is 4.79 Å². The molecule has 0 atom stereocenters. The number of carbonyl (C=O) groups is 1. The van der Waals surface area contributed by atoms with Gasteiger partial charge in [0, 0.05) is 36.9 Å². The van der Waals surface area contributed by atoms with Crippen molar-refractivity contribution in [3.05, 3.63) is 77.0 Å². The van der Waals surface area contributed by atoms with E-state index in [4.69, 9.17) is 4.74 Å². The second-order valence-electron chi connectivity index (χ2n) is 8.66. The minimum absolute atomic E-state index is 0.105. The van der Waals surface area contributed by atoms with E-state index in [1.165, 1.54) is 17.3 Å². The minimum atomic E-state index is -0.126. The Hall–Kier alpha value is -3.45. The molecular formula is C24H25N5O2. The van der Waals surface area contributed by atoms with E-state index in [2.05, 4.69) is 46.6 Å². The van der Waals surface area contributed by atoms with Gasteiger partial charge in [-0.25, -0.2) is 4.98 Å². The molecule has 3 heterocycles. The minimum Gasteiger partial charge on any atom is -0.455 e. The predicted octanol–water partition coefficient (Wildman–Crippen LogP) is 3.59. The molecule has 0 radical (unpaired) electrons. The first kappa shape index (κ1) is 19.5. The van der Waals surface area contributed by atoms with E-state index in [1.54, 1.807) is 4.90 Å². The largest absolute Gasteiger partial charge is 0.455 e. The van der Waals surface area contributed by atoms with E-state index in [1.807, 2.05) is 36.4 Å².